The fourth-order valence-corrected chi connectivity index (χ4v) is 4.50. The average Bonchev–Trinajstić information content (AvgIpc) is 3.28. The molecule has 2 aromatic rings. The smallest absolute Gasteiger partial charge is 0.407 e. The second-order valence-electron chi connectivity index (χ2n) is 8.56. The van der Waals surface area contributed by atoms with Gasteiger partial charge in [-0.2, -0.15) is 5.26 Å². The van der Waals surface area contributed by atoms with Crippen molar-refractivity contribution in [1.82, 2.24) is 15.2 Å². The Hall–Kier alpha value is -3.87. The molecule has 1 N–H and O–H groups in total. The third-order valence-corrected chi connectivity index (χ3v) is 6.17. The summed E-state index contributed by atoms with van der Waals surface area (Å²) in [6.07, 6.45) is 3.72. The van der Waals surface area contributed by atoms with Gasteiger partial charge >= 0.3 is 12.1 Å². The Balaban J connectivity index is 1.68. The van der Waals surface area contributed by atoms with E-state index < -0.39 is 30.1 Å². The molecule has 1 fully saturated rings. The highest BCUT2D eigenvalue weighted by atomic mass is 16.5. The maximum atomic E-state index is 12.9. The van der Waals surface area contributed by atoms with E-state index >= 15 is 0 Å². The monoisotopic (exact) mass is 480 g/mol. The maximum Gasteiger partial charge on any atom is 0.407 e. The third-order valence-electron chi connectivity index (χ3n) is 6.17. The quantitative estimate of drug-likeness (QED) is 0.649. The summed E-state index contributed by atoms with van der Waals surface area (Å²) >= 11 is 0. The van der Waals surface area contributed by atoms with E-state index in [1.54, 1.807) is 19.2 Å². The van der Waals surface area contributed by atoms with E-state index in [2.05, 4.69) is 16.4 Å². The van der Waals surface area contributed by atoms with E-state index in [1.165, 1.54) is 4.90 Å². The van der Waals surface area contributed by atoms with Crippen molar-refractivity contribution in [2.75, 3.05) is 26.3 Å². The molecule has 0 radical (unpaired) electrons. The van der Waals surface area contributed by atoms with Crippen LogP contribution in [0.3, 0.4) is 0 Å². The van der Waals surface area contributed by atoms with Crippen molar-refractivity contribution in [2.24, 2.45) is 0 Å². The van der Waals surface area contributed by atoms with Crippen molar-refractivity contribution in [1.29, 1.82) is 5.26 Å². The van der Waals surface area contributed by atoms with Gasteiger partial charge in [0.1, 0.15) is 18.7 Å². The second-order valence-corrected chi connectivity index (χ2v) is 8.56. The minimum atomic E-state index is -0.840. The van der Waals surface area contributed by atoms with Gasteiger partial charge in [0.05, 0.1) is 31.4 Å². The predicted octanol–water partition coefficient (Wildman–Crippen LogP) is 2.47. The Morgan fingerprint density at radius 2 is 2.14 bits per heavy atom. The summed E-state index contributed by atoms with van der Waals surface area (Å²) in [7, 11) is 0. The zero-order valence-electron chi connectivity index (χ0n) is 19.6. The Labute approximate surface area is 203 Å². The SMILES string of the molecule is CCOC(=O)[C@@H]1C[C@@H]2CN1C(=O)CNC(=O)OCCCCCc1cc(C#N)c3ccnc(c3c1)O2. The van der Waals surface area contributed by atoms with Gasteiger partial charge in [-0.25, -0.2) is 14.6 Å². The van der Waals surface area contributed by atoms with Crippen LogP contribution in [-0.4, -0.2) is 66.3 Å². The lowest BCUT2D eigenvalue weighted by Gasteiger charge is -2.22. The highest BCUT2D eigenvalue weighted by molar-refractivity contribution is 5.92. The molecule has 1 aromatic carbocycles. The van der Waals surface area contributed by atoms with Gasteiger partial charge < -0.3 is 24.4 Å². The summed E-state index contributed by atoms with van der Waals surface area (Å²) in [4.78, 5) is 43.2. The number of nitriles is 1. The number of fused-ring (bicyclic) bond motifs is 3. The molecular weight excluding hydrogens is 452 g/mol. The minimum Gasteiger partial charge on any atom is -0.472 e. The van der Waals surface area contributed by atoms with Crippen molar-refractivity contribution in [3.05, 3.63) is 35.5 Å². The summed E-state index contributed by atoms with van der Waals surface area (Å²) in [5, 5.41) is 13.6. The van der Waals surface area contributed by atoms with Crippen LogP contribution in [0.5, 0.6) is 5.88 Å². The molecule has 0 spiro atoms. The number of esters is 1. The first-order chi connectivity index (χ1) is 17.0. The highest BCUT2D eigenvalue weighted by Crippen LogP contribution is 2.31. The number of benzene rings is 1. The van der Waals surface area contributed by atoms with Crippen LogP contribution in [0.2, 0.25) is 0 Å². The Kier molecular flexibility index (Phi) is 7.65. The number of cyclic esters (lactones) is 1. The van der Waals surface area contributed by atoms with Gasteiger partial charge in [0, 0.05) is 23.4 Å². The van der Waals surface area contributed by atoms with Crippen LogP contribution in [-0.2, 0) is 25.5 Å². The number of hydrogen-bond donors (Lipinski definition) is 1. The van der Waals surface area contributed by atoms with Gasteiger partial charge in [-0.05, 0) is 56.4 Å². The predicted molar refractivity (Wildman–Crippen MR) is 125 cm³/mol. The van der Waals surface area contributed by atoms with Crippen LogP contribution in [0.25, 0.3) is 10.8 Å². The number of carbonyl (C=O) groups is 3. The third kappa shape index (κ3) is 5.62. The lowest BCUT2D eigenvalue weighted by Crippen LogP contribution is -2.46. The molecule has 2 aliphatic rings. The molecule has 4 bridgehead atoms. The Morgan fingerprint density at radius 1 is 1.29 bits per heavy atom. The standard InChI is InChI=1S/C25H28N4O6/c1-2-33-24(31)21-12-18-15-29(21)22(30)14-28-25(32)34-9-5-3-4-6-16-10-17(13-26)19-7-8-27-23(35-18)20(19)11-16/h7-8,10-11,18,21H,2-6,9,12,14-15H2,1H3,(H,28,32)/t18-,21+/m1/s1. The van der Waals surface area contributed by atoms with E-state index in [-0.39, 0.29) is 32.7 Å². The van der Waals surface area contributed by atoms with Crippen LogP contribution >= 0.6 is 0 Å². The maximum absolute atomic E-state index is 12.9. The van der Waals surface area contributed by atoms with Crippen LogP contribution in [0.4, 0.5) is 4.79 Å². The van der Waals surface area contributed by atoms with Crippen LogP contribution < -0.4 is 10.1 Å². The van der Waals surface area contributed by atoms with Crippen LogP contribution in [0.15, 0.2) is 24.4 Å². The van der Waals surface area contributed by atoms with E-state index in [9.17, 15) is 19.6 Å². The average molecular weight is 481 g/mol. The molecule has 1 aromatic heterocycles. The number of aromatic nitrogens is 1. The topological polar surface area (TPSA) is 131 Å². The van der Waals surface area contributed by atoms with Gasteiger partial charge in [0.25, 0.3) is 0 Å². The van der Waals surface area contributed by atoms with Crippen molar-refractivity contribution < 1.29 is 28.6 Å². The first kappa shape index (κ1) is 24.3. The zero-order valence-corrected chi connectivity index (χ0v) is 19.6. The van der Waals surface area contributed by atoms with Gasteiger partial charge in [-0.1, -0.05) is 0 Å². The molecule has 3 heterocycles. The van der Waals surface area contributed by atoms with E-state index in [0.29, 0.717) is 17.9 Å². The Morgan fingerprint density at radius 3 is 2.94 bits per heavy atom. The van der Waals surface area contributed by atoms with Crippen molar-refractivity contribution in [3.63, 3.8) is 0 Å². The molecular formula is C25H28N4O6. The number of nitrogens with one attached hydrogen (secondary N) is 1. The summed E-state index contributed by atoms with van der Waals surface area (Å²) < 4.78 is 16.5. The second kappa shape index (κ2) is 11.0. The fraction of sp³-hybridized carbons (Fsp3) is 0.480. The molecule has 2 atom stereocenters. The number of ether oxygens (including phenoxy) is 3. The molecule has 10 nitrogen and oxygen atoms in total. The van der Waals surface area contributed by atoms with Crippen LogP contribution in [0, 0.1) is 11.3 Å². The highest BCUT2D eigenvalue weighted by Gasteiger charge is 2.42. The zero-order chi connectivity index (χ0) is 24.8. The van der Waals surface area contributed by atoms with Gasteiger partial charge in [-0.3, -0.25) is 4.79 Å². The first-order valence-corrected chi connectivity index (χ1v) is 11.8. The molecule has 0 saturated carbocycles. The van der Waals surface area contributed by atoms with Gasteiger partial charge in [-0.15, -0.1) is 0 Å². The normalized spacial score (nSPS) is 21.3. The number of aryl methyl sites for hydroxylation is 1. The van der Waals surface area contributed by atoms with Gasteiger partial charge in [0.15, 0.2) is 0 Å². The van der Waals surface area contributed by atoms with Crippen molar-refractivity contribution in [3.8, 4) is 11.9 Å². The number of nitrogens with zero attached hydrogens (tertiary/aromatic N) is 3. The molecule has 4 rings (SSSR count). The van der Waals surface area contributed by atoms with E-state index in [1.807, 2.05) is 12.1 Å². The molecule has 35 heavy (non-hydrogen) atoms. The summed E-state index contributed by atoms with van der Waals surface area (Å²) in [5.74, 6) is -0.613. The molecule has 0 unspecified atom stereocenters. The minimum absolute atomic E-state index is 0.127. The fourth-order valence-electron chi connectivity index (χ4n) is 4.50. The van der Waals surface area contributed by atoms with E-state index in [4.69, 9.17) is 14.2 Å². The molecule has 1 saturated heterocycles. The number of pyridine rings is 1. The molecule has 184 valence electrons. The largest absolute Gasteiger partial charge is 0.472 e. The molecule has 0 aliphatic carbocycles. The summed E-state index contributed by atoms with van der Waals surface area (Å²) in [6, 6.07) is 7.05. The van der Waals surface area contributed by atoms with Crippen LogP contribution in [0.1, 0.15) is 43.7 Å². The van der Waals surface area contributed by atoms with Gasteiger partial charge in [0.2, 0.25) is 11.8 Å². The van der Waals surface area contributed by atoms with E-state index in [0.717, 1.165) is 35.6 Å². The lowest BCUT2D eigenvalue weighted by atomic mass is 9.99. The number of carbonyl (C=O) groups excluding carboxylic acids is 3. The number of amides is 2. The lowest BCUT2D eigenvalue weighted by molar-refractivity contribution is -0.152. The summed E-state index contributed by atoms with van der Waals surface area (Å²) in [5.41, 5.74) is 1.52. The summed E-state index contributed by atoms with van der Waals surface area (Å²) in [6.45, 7) is 1.94. The first-order valence-electron chi connectivity index (χ1n) is 11.8. The Bertz CT molecular complexity index is 1160. The molecule has 2 aliphatic heterocycles. The van der Waals surface area contributed by atoms with Crippen molar-refractivity contribution >= 4 is 28.7 Å². The molecule has 2 amide bonds. The number of alkyl carbamates (subject to hydrolysis) is 1. The van der Waals surface area contributed by atoms with Crippen molar-refractivity contribution in [2.45, 2.75) is 51.2 Å². The number of hydrogen-bond acceptors (Lipinski definition) is 8. The number of rotatable bonds is 2. The molecule has 10 heteroatoms.